The van der Waals surface area contributed by atoms with Gasteiger partial charge in [-0.15, -0.1) is 11.8 Å². The number of nitrogens with zero attached hydrogens (tertiary/aromatic N) is 3. The molecule has 2 aromatic heterocycles. The van der Waals surface area contributed by atoms with Crippen LogP contribution < -0.4 is 5.32 Å². The minimum atomic E-state index is -0.197. The highest BCUT2D eigenvalue weighted by Gasteiger charge is 2.19. The van der Waals surface area contributed by atoms with E-state index in [1.165, 1.54) is 5.56 Å². The number of pyridine rings is 1. The fraction of sp³-hybridized carbons (Fsp3) is 0.0357. The van der Waals surface area contributed by atoms with Crippen LogP contribution in [0.15, 0.2) is 121 Å². The maximum atomic E-state index is 13.3. The smallest absolute Gasteiger partial charge is 0.259 e. The summed E-state index contributed by atoms with van der Waals surface area (Å²) in [5, 5.41) is 7.75. The van der Waals surface area contributed by atoms with Crippen LogP contribution in [0.4, 0.5) is 5.69 Å². The summed E-state index contributed by atoms with van der Waals surface area (Å²) in [4.78, 5) is 18.6. The predicted octanol–water partition coefficient (Wildman–Crippen LogP) is 6.48. The van der Waals surface area contributed by atoms with Crippen molar-refractivity contribution in [3.05, 3.63) is 127 Å². The molecule has 0 atom stereocenters. The second-order valence-corrected chi connectivity index (χ2v) is 8.71. The zero-order valence-corrected chi connectivity index (χ0v) is 19.2. The molecule has 6 heteroatoms. The Balaban J connectivity index is 1.35. The van der Waals surface area contributed by atoms with Crippen LogP contribution in [0.2, 0.25) is 0 Å². The highest BCUT2D eigenvalue weighted by Crippen LogP contribution is 2.26. The number of aromatic nitrogens is 3. The summed E-state index contributed by atoms with van der Waals surface area (Å²) < 4.78 is 1.75. The molecular formula is C28H22N4OS. The van der Waals surface area contributed by atoms with Gasteiger partial charge in [0.2, 0.25) is 0 Å². The summed E-state index contributed by atoms with van der Waals surface area (Å²) in [6.45, 7) is 0. The van der Waals surface area contributed by atoms with Crippen molar-refractivity contribution in [2.45, 2.75) is 10.6 Å². The molecule has 34 heavy (non-hydrogen) atoms. The highest BCUT2D eigenvalue weighted by atomic mass is 32.2. The van der Waals surface area contributed by atoms with Crippen molar-refractivity contribution in [3.8, 4) is 16.9 Å². The number of rotatable bonds is 7. The third-order valence-electron chi connectivity index (χ3n) is 5.27. The van der Waals surface area contributed by atoms with Crippen molar-refractivity contribution >= 4 is 23.4 Å². The molecule has 0 spiro atoms. The number of benzene rings is 3. The Morgan fingerprint density at radius 3 is 2.29 bits per heavy atom. The predicted molar refractivity (Wildman–Crippen MR) is 137 cm³/mol. The Kier molecular flexibility index (Phi) is 6.49. The van der Waals surface area contributed by atoms with Crippen molar-refractivity contribution in [3.63, 3.8) is 0 Å². The largest absolute Gasteiger partial charge is 0.322 e. The summed E-state index contributed by atoms with van der Waals surface area (Å²) >= 11 is 1.73. The SMILES string of the molecule is O=C(Nc1ccc(SCc2cccnc2)cc1)c1cn(-c2ccccc2)nc1-c1ccccc1. The molecule has 0 bridgehead atoms. The average molecular weight is 463 g/mol. The maximum Gasteiger partial charge on any atom is 0.259 e. The number of carbonyl (C=O) groups is 1. The minimum Gasteiger partial charge on any atom is -0.322 e. The van der Waals surface area contributed by atoms with Crippen LogP contribution in [0.3, 0.4) is 0 Å². The molecule has 0 aliphatic heterocycles. The summed E-state index contributed by atoms with van der Waals surface area (Å²) in [7, 11) is 0. The number of hydrogen-bond acceptors (Lipinski definition) is 4. The fourth-order valence-corrected chi connectivity index (χ4v) is 4.38. The van der Waals surface area contributed by atoms with Crippen LogP contribution in [0.25, 0.3) is 16.9 Å². The molecule has 0 aliphatic carbocycles. The van der Waals surface area contributed by atoms with Gasteiger partial charge in [0.15, 0.2) is 0 Å². The Labute approximate surface area is 202 Å². The van der Waals surface area contributed by atoms with E-state index >= 15 is 0 Å². The van der Waals surface area contributed by atoms with E-state index in [1.54, 1.807) is 28.8 Å². The molecule has 0 radical (unpaired) electrons. The molecule has 1 N–H and O–H groups in total. The molecule has 0 fully saturated rings. The minimum absolute atomic E-state index is 0.197. The first-order valence-electron chi connectivity index (χ1n) is 10.9. The summed E-state index contributed by atoms with van der Waals surface area (Å²) in [6, 6.07) is 31.4. The molecule has 3 aromatic carbocycles. The van der Waals surface area contributed by atoms with Gasteiger partial charge in [-0.05, 0) is 48.0 Å². The third-order valence-corrected chi connectivity index (χ3v) is 6.35. The van der Waals surface area contributed by atoms with Crippen molar-refractivity contribution in [2.24, 2.45) is 0 Å². The van der Waals surface area contributed by atoms with Gasteiger partial charge in [-0.2, -0.15) is 5.10 Å². The molecule has 0 saturated heterocycles. The van der Waals surface area contributed by atoms with Crippen molar-refractivity contribution < 1.29 is 4.79 Å². The maximum absolute atomic E-state index is 13.3. The van der Waals surface area contributed by atoms with E-state index in [1.807, 2.05) is 97.2 Å². The van der Waals surface area contributed by atoms with E-state index in [0.29, 0.717) is 11.3 Å². The fourth-order valence-electron chi connectivity index (χ4n) is 3.55. The lowest BCUT2D eigenvalue weighted by Crippen LogP contribution is -2.12. The molecule has 0 aliphatic rings. The standard InChI is InChI=1S/C28H22N4OS/c33-28(30-23-13-15-25(16-14-23)34-20-21-8-7-17-29-18-21)26-19-32(24-11-5-2-6-12-24)31-27(26)22-9-3-1-4-10-22/h1-19H,20H2,(H,30,33). The number of para-hydroxylation sites is 1. The van der Waals surface area contributed by atoms with Crippen LogP contribution in [0, 0.1) is 0 Å². The lowest BCUT2D eigenvalue weighted by Gasteiger charge is -2.07. The van der Waals surface area contributed by atoms with Gasteiger partial charge in [0.1, 0.15) is 5.69 Å². The lowest BCUT2D eigenvalue weighted by molar-refractivity contribution is 0.102. The summed E-state index contributed by atoms with van der Waals surface area (Å²) in [5.74, 6) is 0.648. The summed E-state index contributed by atoms with van der Waals surface area (Å²) in [5.41, 5.74) is 4.87. The van der Waals surface area contributed by atoms with Crippen LogP contribution in [0.5, 0.6) is 0 Å². The van der Waals surface area contributed by atoms with E-state index < -0.39 is 0 Å². The monoisotopic (exact) mass is 462 g/mol. The number of hydrogen-bond donors (Lipinski definition) is 1. The first kappa shape index (κ1) is 21.7. The molecule has 2 heterocycles. The molecule has 0 unspecified atom stereocenters. The molecule has 0 saturated carbocycles. The zero-order valence-electron chi connectivity index (χ0n) is 18.3. The van der Waals surface area contributed by atoms with Crippen LogP contribution in [0.1, 0.15) is 15.9 Å². The van der Waals surface area contributed by atoms with Crippen molar-refractivity contribution in [1.29, 1.82) is 0 Å². The van der Waals surface area contributed by atoms with Crippen molar-refractivity contribution in [1.82, 2.24) is 14.8 Å². The van der Waals surface area contributed by atoms with Crippen molar-refractivity contribution in [2.75, 3.05) is 5.32 Å². The van der Waals surface area contributed by atoms with Gasteiger partial charge in [-0.1, -0.05) is 54.6 Å². The Morgan fingerprint density at radius 2 is 1.59 bits per heavy atom. The number of anilines is 1. The van der Waals surface area contributed by atoms with E-state index in [9.17, 15) is 4.79 Å². The van der Waals surface area contributed by atoms with Gasteiger partial charge in [-0.25, -0.2) is 4.68 Å². The molecule has 5 aromatic rings. The molecular weight excluding hydrogens is 440 g/mol. The zero-order chi connectivity index (χ0) is 23.2. The molecule has 1 amide bonds. The highest BCUT2D eigenvalue weighted by molar-refractivity contribution is 7.98. The second kappa shape index (κ2) is 10.2. The number of amides is 1. The van der Waals surface area contributed by atoms with Gasteiger partial charge in [0, 0.05) is 40.5 Å². The first-order valence-corrected chi connectivity index (χ1v) is 11.9. The van der Waals surface area contributed by atoms with Crippen LogP contribution in [-0.2, 0) is 5.75 Å². The molecule has 5 rings (SSSR count). The van der Waals surface area contributed by atoms with E-state index in [-0.39, 0.29) is 5.91 Å². The average Bonchev–Trinajstić information content (AvgIpc) is 3.36. The van der Waals surface area contributed by atoms with Gasteiger partial charge in [-0.3, -0.25) is 9.78 Å². The van der Waals surface area contributed by atoms with Gasteiger partial charge >= 0.3 is 0 Å². The quantitative estimate of drug-likeness (QED) is 0.281. The lowest BCUT2D eigenvalue weighted by atomic mass is 10.1. The second-order valence-electron chi connectivity index (χ2n) is 7.67. The Hall–Kier alpha value is -4.16. The van der Waals surface area contributed by atoms with E-state index in [0.717, 1.165) is 27.6 Å². The van der Waals surface area contributed by atoms with E-state index in [4.69, 9.17) is 5.10 Å². The number of thioether (sulfide) groups is 1. The van der Waals surface area contributed by atoms with E-state index in [2.05, 4.69) is 16.4 Å². The summed E-state index contributed by atoms with van der Waals surface area (Å²) in [6.07, 6.45) is 5.44. The topological polar surface area (TPSA) is 59.8 Å². The molecule has 166 valence electrons. The van der Waals surface area contributed by atoms with Gasteiger partial charge < -0.3 is 5.32 Å². The third kappa shape index (κ3) is 5.08. The first-order chi connectivity index (χ1) is 16.8. The van der Waals surface area contributed by atoms with Crippen LogP contribution in [-0.4, -0.2) is 20.7 Å². The Morgan fingerprint density at radius 1 is 0.853 bits per heavy atom. The normalized spacial score (nSPS) is 10.7. The number of carbonyl (C=O) groups excluding carboxylic acids is 1. The number of nitrogens with one attached hydrogen (secondary N) is 1. The molecule has 5 nitrogen and oxygen atoms in total. The van der Waals surface area contributed by atoms with Gasteiger partial charge in [0.25, 0.3) is 5.91 Å². The van der Waals surface area contributed by atoms with Gasteiger partial charge in [0.05, 0.1) is 11.3 Å². The Bertz CT molecular complexity index is 1370. The van der Waals surface area contributed by atoms with Crippen LogP contribution >= 0.6 is 11.8 Å².